The van der Waals surface area contributed by atoms with Crippen LogP contribution < -0.4 is 9.47 Å². The number of para-hydroxylation sites is 1. The summed E-state index contributed by atoms with van der Waals surface area (Å²) < 4.78 is 10.5. The van der Waals surface area contributed by atoms with E-state index >= 15 is 0 Å². The van der Waals surface area contributed by atoms with Gasteiger partial charge in [-0.3, -0.25) is 4.79 Å². The normalized spacial score (nSPS) is 10.0. The number of carbonyl (C=O) groups is 2. The van der Waals surface area contributed by atoms with Crippen molar-refractivity contribution in [3.8, 4) is 11.5 Å². The summed E-state index contributed by atoms with van der Waals surface area (Å²) in [5, 5.41) is 0.599. The van der Waals surface area contributed by atoms with E-state index in [-0.39, 0.29) is 12.4 Å². The fraction of sp³-hybridized carbons (Fsp3) is 0.125. The lowest BCUT2D eigenvalue weighted by Crippen LogP contribution is -2.18. The van der Waals surface area contributed by atoms with Crippen LogP contribution in [0.1, 0.15) is 15.9 Å². The van der Waals surface area contributed by atoms with Gasteiger partial charge in [0.25, 0.3) is 0 Å². The quantitative estimate of drug-likeness (QED) is 0.482. The number of hydrogen-bond acceptors (Lipinski definition) is 4. The summed E-state index contributed by atoms with van der Waals surface area (Å²) in [7, 11) is 0. The molecule has 0 spiro atoms. The van der Waals surface area contributed by atoms with Crippen molar-refractivity contribution >= 4 is 23.9 Å². The molecule has 0 unspecified atom stereocenters. The Balaban J connectivity index is 1.97. The van der Waals surface area contributed by atoms with Gasteiger partial charge < -0.3 is 9.47 Å². The van der Waals surface area contributed by atoms with Crippen molar-refractivity contribution in [1.29, 1.82) is 0 Å². The van der Waals surface area contributed by atoms with Gasteiger partial charge in [-0.2, -0.15) is 0 Å². The number of aldehydes is 1. The third kappa shape index (κ3) is 4.07. The van der Waals surface area contributed by atoms with Crippen molar-refractivity contribution in [2.75, 3.05) is 6.61 Å². The summed E-state index contributed by atoms with van der Waals surface area (Å²) >= 11 is 5.84. The standard InChI is InChI=1S/C16H13ClO4/c1-11-8-13(17)6-7-14(11)20-10-16(19)21-15-5-3-2-4-12(15)9-18/h2-9H,10H2,1H3. The molecule has 0 fully saturated rings. The number of benzene rings is 2. The second kappa shape index (κ2) is 6.90. The van der Waals surface area contributed by atoms with Gasteiger partial charge in [0.1, 0.15) is 11.5 Å². The van der Waals surface area contributed by atoms with Gasteiger partial charge in [0.2, 0.25) is 0 Å². The second-order valence-corrected chi connectivity index (χ2v) is 4.76. The molecule has 0 aliphatic rings. The largest absolute Gasteiger partial charge is 0.482 e. The van der Waals surface area contributed by atoms with Crippen molar-refractivity contribution in [1.82, 2.24) is 0 Å². The van der Waals surface area contributed by atoms with Crippen LogP contribution in [0.3, 0.4) is 0 Å². The highest BCUT2D eigenvalue weighted by molar-refractivity contribution is 6.30. The van der Waals surface area contributed by atoms with Crippen LogP contribution in [0.2, 0.25) is 5.02 Å². The number of ether oxygens (including phenoxy) is 2. The number of rotatable bonds is 5. The fourth-order valence-electron chi connectivity index (χ4n) is 1.73. The first-order valence-corrected chi connectivity index (χ1v) is 6.62. The van der Waals surface area contributed by atoms with E-state index in [1.165, 1.54) is 0 Å². The Kier molecular flexibility index (Phi) is 4.95. The molecule has 0 atom stereocenters. The van der Waals surface area contributed by atoms with Crippen LogP contribution in [0, 0.1) is 6.92 Å². The Labute approximate surface area is 127 Å². The Morgan fingerprint density at radius 3 is 2.67 bits per heavy atom. The Hall–Kier alpha value is -2.33. The molecular formula is C16H13ClO4. The summed E-state index contributed by atoms with van der Waals surface area (Å²) in [6.45, 7) is 1.57. The number of halogens is 1. The molecule has 0 amide bonds. The molecule has 2 aromatic rings. The van der Waals surface area contributed by atoms with Gasteiger partial charge >= 0.3 is 5.97 Å². The Morgan fingerprint density at radius 2 is 1.95 bits per heavy atom. The average Bonchev–Trinajstić information content (AvgIpc) is 2.47. The van der Waals surface area contributed by atoms with Gasteiger partial charge in [0.05, 0.1) is 5.56 Å². The first kappa shape index (κ1) is 15.1. The monoisotopic (exact) mass is 304 g/mol. The van der Waals surface area contributed by atoms with E-state index in [0.717, 1.165) is 5.56 Å². The lowest BCUT2D eigenvalue weighted by Gasteiger charge is -2.10. The molecule has 5 heteroatoms. The third-order valence-electron chi connectivity index (χ3n) is 2.75. The molecule has 0 aromatic heterocycles. The van der Waals surface area contributed by atoms with Gasteiger partial charge in [0, 0.05) is 5.02 Å². The fourth-order valence-corrected chi connectivity index (χ4v) is 1.96. The van der Waals surface area contributed by atoms with Gasteiger partial charge in [-0.05, 0) is 42.8 Å². The van der Waals surface area contributed by atoms with Gasteiger partial charge in [0.15, 0.2) is 12.9 Å². The van der Waals surface area contributed by atoms with Crippen LogP contribution in [0.4, 0.5) is 0 Å². The van der Waals surface area contributed by atoms with E-state index in [1.54, 1.807) is 42.5 Å². The molecule has 0 saturated carbocycles. The van der Waals surface area contributed by atoms with Crippen molar-refractivity contribution in [2.45, 2.75) is 6.92 Å². The van der Waals surface area contributed by atoms with Crippen molar-refractivity contribution in [3.63, 3.8) is 0 Å². The first-order chi connectivity index (χ1) is 10.1. The number of aryl methyl sites for hydroxylation is 1. The molecule has 0 saturated heterocycles. The molecule has 21 heavy (non-hydrogen) atoms. The van der Waals surface area contributed by atoms with Crippen molar-refractivity contribution in [3.05, 3.63) is 58.6 Å². The van der Waals surface area contributed by atoms with E-state index in [0.29, 0.717) is 22.6 Å². The molecule has 0 heterocycles. The van der Waals surface area contributed by atoms with E-state index in [2.05, 4.69) is 0 Å². The van der Waals surface area contributed by atoms with Crippen LogP contribution in [-0.4, -0.2) is 18.9 Å². The zero-order valence-electron chi connectivity index (χ0n) is 11.3. The van der Waals surface area contributed by atoms with Crippen LogP contribution in [-0.2, 0) is 4.79 Å². The van der Waals surface area contributed by atoms with Crippen molar-refractivity contribution < 1.29 is 19.1 Å². The van der Waals surface area contributed by atoms with E-state index in [4.69, 9.17) is 21.1 Å². The zero-order chi connectivity index (χ0) is 15.2. The predicted molar refractivity (Wildman–Crippen MR) is 79.1 cm³/mol. The van der Waals surface area contributed by atoms with Gasteiger partial charge in [-0.1, -0.05) is 23.7 Å². The smallest absolute Gasteiger partial charge is 0.349 e. The summed E-state index contributed by atoms with van der Waals surface area (Å²) in [4.78, 5) is 22.6. The Bertz CT molecular complexity index is 667. The summed E-state index contributed by atoms with van der Waals surface area (Å²) in [6.07, 6.45) is 0.632. The minimum Gasteiger partial charge on any atom is -0.482 e. The van der Waals surface area contributed by atoms with Crippen LogP contribution in [0.15, 0.2) is 42.5 Å². The molecule has 4 nitrogen and oxygen atoms in total. The third-order valence-corrected chi connectivity index (χ3v) is 2.99. The number of esters is 1. The maximum atomic E-state index is 11.7. The molecule has 0 bridgehead atoms. The molecule has 108 valence electrons. The second-order valence-electron chi connectivity index (χ2n) is 4.33. The molecule has 2 rings (SSSR count). The molecule has 2 aromatic carbocycles. The van der Waals surface area contributed by atoms with E-state index in [1.807, 2.05) is 6.92 Å². The lowest BCUT2D eigenvalue weighted by molar-refractivity contribution is -0.136. The molecule has 0 aliphatic heterocycles. The maximum Gasteiger partial charge on any atom is 0.349 e. The van der Waals surface area contributed by atoms with E-state index in [9.17, 15) is 9.59 Å². The summed E-state index contributed by atoms with van der Waals surface area (Å²) in [6, 6.07) is 11.6. The zero-order valence-corrected chi connectivity index (χ0v) is 12.1. The highest BCUT2D eigenvalue weighted by Gasteiger charge is 2.10. The Morgan fingerprint density at radius 1 is 1.19 bits per heavy atom. The number of hydrogen-bond donors (Lipinski definition) is 0. The summed E-state index contributed by atoms with van der Waals surface area (Å²) in [5.74, 6) is 0.188. The van der Waals surface area contributed by atoms with Crippen LogP contribution in [0.25, 0.3) is 0 Å². The topological polar surface area (TPSA) is 52.6 Å². The molecule has 0 N–H and O–H groups in total. The van der Waals surface area contributed by atoms with E-state index < -0.39 is 5.97 Å². The van der Waals surface area contributed by atoms with Gasteiger partial charge in [-0.15, -0.1) is 0 Å². The van der Waals surface area contributed by atoms with Crippen LogP contribution >= 0.6 is 11.6 Å². The molecule has 0 radical (unpaired) electrons. The average molecular weight is 305 g/mol. The highest BCUT2D eigenvalue weighted by atomic mass is 35.5. The number of carbonyl (C=O) groups excluding carboxylic acids is 2. The van der Waals surface area contributed by atoms with Crippen molar-refractivity contribution in [2.24, 2.45) is 0 Å². The predicted octanol–water partition coefficient (Wildman–Crippen LogP) is 3.45. The SMILES string of the molecule is Cc1cc(Cl)ccc1OCC(=O)Oc1ccccc1C=O. The molecular weight excluding hydrogens is 292 g/mol. The van der Waals surface area contributed by atoms with Crippen LogP contribution in [0.5, 0.6) is 11.5 Å². The minimum atomic E-state index is -0.585. The minimum absolute atomic E-state index is 0.217. The maximum absolute atomic E-state index is 11.7. The van der Waals surface area contributed by atoms with Gasteiger partial charge in [-0.25, -0.2) is 4.79 Å². The molecule has 0 aliphatic carbocycles. The highest BCUT2D eigenvalue weighted by Crippen LogP contribution is 2.22. The lowest BCUT2D eigenvalue weighted by atomic mass is 10.2. The summed E-state index contributed by atoms with van der Waals surface area (Å²) in [5.41, 5.74) is 1.14. The first-order valence-electron chi connectivity index (χ1n) is 6.24.